The van der Waals surface area contributed by atoms with Gasteiger partial charge >= 0.3 is 0 Å². The molecule has 1 saturated heterocycles. The fourth-order valence-electron chi connectivity index (χ4n) is 3.84. The molecular formula is C19H33NO3S. The van der Waals surface area contributed by atoms with Crippen molar-refractivity contribution < 1.29 is 13.2 Å². The average molecular weight is 356 g/mol. The summed E-state index contributed by atoms with van der Waals surface area (Å²) >= 11 is 0. The Morgan fingerprint density at radius 3 is 2.58 bits per heavy atom. The van der Waals surface area contributed by atoms with Crippen molar-refractivity contribution >= 4 is 10.0 Å². The van der Waals surface area contributed by atoms with Gasteiger partial charge in [0.1, 0.15) is 0 Å². The second-order valence-corrected chi connectivity index (χ2v) is 9.79. The van der Waals surface area contributed by atoms with Crippen LogP contribution in [0.1, 0.15) is 53.4 Å². The van der Waals surface area contributed by atoms with Crippen molar-refractivity contribution in [2.45, 2.75) is 59.5 Å². The van der Waals surface area contributed by atoms with E-state index in [-0.39, 0.29) is 17.4 Å². The summed E-state index contributed by atoms with van der Waals surface area (Å²) in [6, 6.07) is 0. The van der Waals surface area contributed by atoms with Gasteiger partial charge < -0.3 is 4.74 Å². The van der Waals surface area contributed by atoms with Crippen LogP contribution in [0.25, 0.3) is 0 Å². The van der Waals surface area contributed by atoms with Crippen molar-refractivity contribution in [3.05, 3.63) is 23.1 Å². The fourth-order valence-corrected chi connectivity index (χ4v) is 5.49. The van der Waals surface area contributed by atoms with Gasteiger partial charge in [-0.2, -0.15) is 4.31 Å². The van der Waals surface area contributed by atoms with Crippen LogP contribution in [0.4, 0.5) is 0 Å². The summed E-state index contributed by atoms with van der Waals surface area (Å²) in [5.41, 5.74) is 0.177. The molecule has 0 aromatic rings. The van der Waals surface area contributed by atoms with Gasteiger partial charge in [-0.25, -0.2) is 8.42 Å². The lowest BCUT2D eigenvalue weighted by atomic mass is 9.69. The minimum atomic E-state index is -3.40. The quantitative estimate of drug-likeness (QED) is 0.750. The van der Waals surface area contributed by atoms with E-state index in [1.807, 2.05) is 12.2 Å². The fraction of sp³-hybridized carbons (Fsp3) is 0.789. The molecule has 3 unspecified atom stereocenters. The van der Waals surface area contributed by atoms with Gasteiger partial charge in [0.2, 0.25) is 10.0 Å². The Bertz CT molecular complexity index is 592. The number of hydrogen-bond donors (Lipinski definition) is 0. The molecule has 0 bridgehead atoms. The normalized spacial score (nSPS) is 30.0. The molecule has 2 rings (SSSR count). The topological polar surface area (TPSA) is 46.6 Å². The highest BCUT2D eigenvalue weighted by Gasteiger charge is 2.35. The molecule has 138 valence electrons. The lowest BCUT2D eigenvalue weighted by Crippen LogP contribution is -2.35. The van der Waals surface area contributed by atoms with Gasteiger partial charge in [-0.1, -0.05) is 46.3 Å². The number of sulfonamides is 1. The van der Waals surface area contributed by atoms with Crippen molar-refractivity contribution in [3.63, 3.8) is 0 Å². The van der Waals surface area contributed by atoms with Crippen molar-refractivity contribution in [1.82, 2.24) is 4.31 Å². The Kier molecular flexibility index (Phi) is 6.32. The van der Waals surface area contributed by atoms with Crippen molar-refractivity contribution in [2.75, 3.05) is 20.2 Å². The zero-order valence-corrected chi connectivity index (χ0v) is 16.6. The first kappa shape index (κ1) is 19.7. The van der Waals surface area contributed by atoms with E-state index in [0.29, 0.717) is 23.9 Å². The highest BCUT2D eigenvalue weighted by atomic mass is 32.2. The maximum atomic E-state index is 13.0. The van der Waals surface area contributed by atoms with Crippen LogP contribution in [0.2, 0.25) is 0 Å². The smallest absolute Gasteiger partial charge is 0.242 e. The van der Waals surface area contributed by atoms with Crippen LogP contribution in [0.15, 0.2) is 23.1 Å². The van der Waals surface area contributed by atoms with Crippen molar-refractivity contribution in [1.29, 1.82) is 0 Å². The zero-order valence-electron chi connectivity index (χ0n) is 15.8. The second kappa shape index (κ2) is 7.71. The average Bonchev–Trinajstić information content (AvgIpc) is 2.80. The lowest BCUT2D eigenvalue weighted by molar-refractivity contribution is 0.0916. The minimum absolute atomic E-state index is 0.176. The Hall–Kier alpha value is -0.650. The maximum absolute atomic E-state index is 13.0. The van der Waals surface area contributed by atoms with Gasteiger partial charge in [-0.15, -0.1) is 0 Å². The summed E-state index contributed by atoms with van der Waals surface area (Å²) in [5, 5.41) is 0. The third-order valence-electron chi connectivity index (χ3n) is 5.88. The number of methoxy groups -OCH3 is 1. The number of ether oxygens (including phenoxy) is 1. The van der Waals surface area contributed by atoms with Gasteiger partial charge in [0, 0.05) is 20.2 Å². The number of nitrogens with zero attached hydrogens (tertiary/aromatic N) is 1. The number of rotatable bonds is 5. The third kappa shape index (κ3) is 4.12. The summed E-state index contributed by atoms with van der Waals surface area (Å²) in [4.78, 5) is 0.467. The second-order valence-electron chi connectivity index (χ2n) is 7.85. The van der Waals surface area contributed by atoms with Gasteiger partial charge in [-0.3, -0.25) is 0 Å². The molecule has 0 N–H and O–H groups in total. The predicted molar refractivity (Wildman–Crippen MR) is 99.1 cm³/mol. The van der Waals surface area contributed by atoms with Gasteiger partial charge in [-0.05, 0) is 42.6 Å². The van der Waals surface area contributed by atoms with Crippen LogP contribution in [-0.2, 0) is 14.8 Å². The lowest BCUT2D eigenvalue weighted by Gasteiger charge is -2.37. The summed E-state index contributed by atoms with van der Waals surface area (Å²) < 4.78 is 33.1. The zero-order chi connectivity index (χ0) is 18.0. The molecule has 0 saturated carbocycles. The SMILES string of the molecule is CCC(C)(C)C1C=CC(S(=O)(=O)N2CCCC(OC)CC2)=CC1C. The van der Waals surface area contributed by atoms with E-state index in [9.17, 15) is 8.42 Å². The Morgan fingerprint density at radius 1 is 1.29 bits per heavy atom. The van der Waals surface area contributed by atoms with Gasteiger partial charge in [0.15, 0.2) is 0 Å². The molecule has 1 aliphatic carbocycles. The highest BCUT2D eigenvalue weighted by Crippen LogP contribution is 2.40. The Labute approximate surface area is 148 Å². The highest BCUT2D eigenvalue weighted by molar-refractivity contribution is 7.93. The molecule has 5 heteroatoms. The van der Waals surface area contributed by atoms with Crippen LogP contribution < -0.4 is 0 Å². The molecule has 0 amide bonds. The molecule has 1 heterocycles. The molecule has 0 spiro atoms. The number of hydrogen-bond acceptors (Lipinski definition) is 3. The van der Waals surface area contributed by atoms with E-state index in [1.165, 1.54) is 0 Å². The van der Waals surface area contributed by atoms with E-state index in [1.54, 1.807) is 11.4 Å². The van der Waals surface area contributed by atoms with E-state index in [4.69, 9.17) is 4.74 Å². The summed E-state index contributed by atoms with van der Waals surface area (Å²) in [6.45, 7) is 9.97. The van der Waals surface area contributed by atoms with Crippen molar-refractivity contribution in [2.24, 2.45) is 17.3 Å². The molecule has 0 aromatic carbocycles. The molecule has 24 heavy (non-hydrogen) atoms. The summed E-state index contributed by atoms with van der Waals surface area (Å²) in [7, 11) is -1.69. The molecule has 0 aromatic heterocycles. The molecule has 1 fully saturated rings. The van der Waals surface area contributed by atoms with E-state index >= 15 is 0 Å². The van der Waals surface area contributed by atoms with Gasteiger partial charge in [0.05, 0.1) is 11.0 Å². The van der Waals surface area contributed by atoms with E-state index in [2.05, 4.69) is 33.8 Å². The van der Waals surface area contributed by atoms with Crippen LogP contribution >= 0.6 is 0 Å². The van der Waals surface area contributed by atoms with Crippen LogP contribution in [0, 0.1) is 17.3 Å². The Balaban J connectivity index is 2.16. The van der Waals surface area contributed by atoms with Crippen molar-refractivity contribution in [3.8, 4) is 0 Å². The molecule has 1 aliphatic heterocycles. The molecule has 3 atom stereocenters. The minimum Gasteiger partial charge on any atom is -0.381 e. The summed E-state index contributed by atoms with van der Waals surface area (Å²) in [5.74, 6) is 0.608. The van der Waals surface area contributed by atoms with Crippen LogP contribution in [0.5, 0.6) is 0 Å². The van der Waals surface area contributed by atoms with Crippen LogP contribution in [0.3, 0.4) is 0 Å². The third-order valence-corrected chi connectivity index (χ3v) is 7.79. The Morgan fingerprint density at radius 2 is 2.00 bits per heavy atom. The first-order chi connectivity index (χ1) is 11.2. The maximum Gasteiger partial charge on any atom is 0.242 e. The van der Waals surface area contributed by atoms with Gasteiger partial charge in [0.25, 0.3) is 0 Å². The van der Waals surface area contributed by atoms with E-state index in [0.717, 1.165) is 25.7 Å². The largest absolute Gasteiger partial charge is 0.381 e. The first-order valence-electron chi connectivity index (χ1n) is 9.15. The molecule has 2 aliphatic rings. The molecule has 4 nitrogen and oxygen atoms in total. The molecule has 0 radical (unpaired) electrons. The molecular weight excluding hydrogens is 322 g/mol. The standard InChI is InChI=1S/C19H33NO3S/c1-6-19(3,4)18-10-9-17(14-15(18)2)24(21,22)20-12-7-8-16(23-5)11-13-20/h9-10,14-16,18H,6-8,11-13H2,1-5H3. The predicted octanol–water partition coefficient (Wildman–Crippen LogP) is 3.96. The number of allylic oxidation sites excluding steroid dienone is 3. The van der Waals surface area contributed by atoms with E-state index < -0.39 is 10.0 Å². The first-order valence-corrected chi connectivity index (χ1v) is 10.6. The summed E-state index contributed by atoms with van der Waals surface area (Å²) in [6.07, 6.45) is 9.70. The van der Waals surface area contributed by atoms with Crippen LogP contribution in [-0.4, -0.2) is 39.0 Å². The monoisotopic (exact) mass is 355 g/mol.